The summed E-state index contributed by atoms with van der Waals surface area (Å²) in [5, 5.41) is 8.27. The van der Waals surface area contributed by atoms with Gasteiger partial charge in [-0.15, -0.1) is 11.3 Å². The molecule has 0 radical (unpaired) electrons. The van der Waals surface area contributed by atoms with Gasteiger partial charge in [0, 0.05) is 84.5 Å². The number of methoxy groups -OCH3 is 1. The standard InChI is InChI=1S/C49H59N7O6S/c1-8-54-40-19-18-32-22-35(40)36(45(54)34-16-12-20-50-43(34)30(4)61-7)25-49(5,6)28-62-48(60)37-17-13-21-56(53-37)47(59)38(24-41-51-39(32)27-63-41)52-46(58)44(29(2)3)55-26-33(23-42(55)57)31-14-10-9-11-15-31/h9-12,14-16,18-20,22,27,29-30,33,37-38,44,53H,8,13,17,21,23-26,28H2,1-7H3,(H,52,58)/t30-,33-,37-,38-,44?/m0/s1. The number of benzene rings is 2. The first kappa shape index (κ1) is 44.2. The minimum atomic E-state index is -1.03. The SMILES string of the molecule is CCn1c(-c2cccnc2[C@H](C)OC)c2c3cc(ccc31)-c1csc(n1)C[C@H](NC(=O)C(C(C)C)N1C[C@@H](c3ccccc3)CC1=O)C(=O)N1CCC[C@H](N1)C(=O)OCC(C)(C)C2. The lowest BCUT2D eigenvalue weighted by Crippen LogP contribution is -2.62. The number of carbonyl (C=O) groups excluding carboxylic acids is 4. The van der Waals surface area contributed by atoms with Crippen LogP contribution in [0, 0.1) is 11.3 Å². The summed E-state index contributed by atoms with van der Waals surface area (Å²) < 4.78 is 14.3. The number of ether oxygens (including phenoxy) is 2. The molecule has 1 unspecified atom stereocenters. The molecule has 3 aromatic heterocycles. The number of nitrogens with one attached hydrogen (secondary N) is 2. The van der Waals surface area contributed by atoms with Gasteiger partial charge in [-0.2, -0.15) is 0 Å². The normalized spacial score (nSPS) is 21.7. The third-order valence-corrected chi connectivity index (χ3v) is 13.7. The molecule has 2 N–H and O–H groups in total. The van der Waals surface area contributed by atoms with E-state index in [0.29, 0.717) is 50.3 Å². The van der Waals surface area contributed by atoms with Crippen molar-refractivity contribution in [1.82, 2.24) is 35.2 Å². The summed E-state index contributed by atoms with van der Waals surface area (Å²) in [6.45, 7) is 13.8. The average molecular weight is 874 g/mol. The predicted molar refractivity (Wildman–Crippen MR) is 243 cm³/mol. The van der Waals surface area contributed by atoms with E-state index in [2.05, 4.69) is 60.3 Å². The van der Waals surface area contributed by atoms with Crippen LogP contribution in [0.1, 0.15) is 94.7 Å². The molecular formula is C49H59N7O6S. The van der Waals surface area contributed by atoms with Crippen LogP contribution in [-0.2, 0) is 48.0 Å². The number of hydrazine groups is 1. The Bertz CT molecular complexity index is 2500. The van der Waals surface area contributed by atoms with Gasteiger partial charge in [-0.1, -0.05) is 64.1 Å². The van der Waals surface area contributed by atoms with E-state index in [4.69, 9.17) is 19.4 Å². The fraction of sp³-hybridized carbons (Fsp3) is 0.469. The van der Waals surface area contributed by atoms with Crippen molar-refractivity contribution in [3.05, 3.63) is 94.1 Å². The van der Waals surface area contributed by atoms with E-state index in [1.165, 1.54) is 16.3 Å². The molecule has 0 saturated carbocycles. The van der Waals surface area contributed by atoms with E-state index < -0.39 is 35.4 Å². The number of nitrogens with zero attached hydrogens (tertiary/aromatic N) is 5. The predicted octanol–water partition coefficient (Wildman–Crippen LogP) is 7.24. The van der Waals surface area contributed by atoms with Crippen LogP contribution in [0.15, 0.2) is 72.2 Å². The van der Waals surface area contributed by atoms with Gasteiger partial charge in [0.05, 0.1) is 34.8 Å². The minimum Gasteiger partial charge on any atom is -0.464 e. The van der Waals surface area contributed by atoms with Crippen molar-refractivity contribution in [3.63, 3.8) is 0 Å². The number of pyridine rings is 1. The Morgan fingerprint density at radius 3 is 2.60 bits per heavy atom. The smallest absolute Gasteiger partial charge is 0.324 e. The van der Waals surface area contributed by atoms with E-state index in [-0.39, 0.29) is 42.8 Å². The lowest BCUT2D eigenvalue weighted by Gasteiger charge is -2.36. The minimum absolute atomic E-state index is 0.0336. The summed E-state index contributed by atoms with van der Waals surface area (Å²) in [5.74, 6) is -1.56. The molecule has 63 heavy (non-hydrogen) atoms. The van der Waals surface area contributed by atoms with Gasteiger partial charge in [0.25, 0.3) is 5.91 Å². The van der Waals surface area contributed by atoms with Crippen molar-refractivity contribution in [2.75, 3.05) is 26.8 Å². The monoisotopic (exact) mass is 873 g/mol. The van der Waals surface area contributed by atoms with E-state index >= 15 is 0 Å². The Hall–Kier alpha value is -5.44. The van der Waals surface area contributed by atoms with Crippen LogP contribution in [-0.4, -0.2) is 93.1 Å². The number of hydrogen-bond donors (Lipinski definition) is 2. The number of fused-ring (bicyclic) bond motifs is 6. The van der Waals surface area contributed by atoms with Crippen LogP contribution in [0.5, 0.6) is 0 Å². The number of amides is 3. The number of cyclic esters (lactones) is 1. The van der Waals surface area contributed by atoms with Crippen LogP contribution in [0.4, 0.5) is 0 Å². The molecule has 5 aromatic rings. The van der Waals surface area contributed by atoms with Gasteiger partial charge in [0.15, 0.2) is 0 Å². The number of thiazole rings is 1. The molecule has 0 spiro atoms. The second-order valence-electron chi connectivity index (χ2n) is 18.3. The van der Waals surface area contributed by atoms with Crippen molar-refractivity contribution in [2.45, 2.75) is 110 Å². The van der Waals surface area contributed by atoms with Crippen LogP contribution in [0.3, 0.4) is 0 Å². The van der Waals surface area contributed by atoms with Crippen LogP contribution >= 0.6 is 11.3 Å². The van der Waals surface area contributed by atoms with Crippen LogP contribution in [0.25, 0.3) is 33.4 Å². The molecule has 0 aliphatic carbocycles. The van der Waals surface area contributed by atoms with Crippen LogP contribution < -0.4 is 10.7 Å². The average Bonchev–Trinajstić information content (AvgIpc) is 4.00. The second kappa shape index (κ2) is 18.3. The molecule has 6 bridgehead atoms. The number of carbonyl (C=O) groups is 4. The molecule has 5 atom stereocenters. The Morgan fingerprint density at radius 1 is 1.06 bits per heavy atom. The molecule has 8 rings (SSSR count). The van der Waals surface area contributed by atoms with Gasteiger partial charge < -0.3 is 24.3 Å². The van der Waals surface area contributed by atoms with Crippen molar-refractivity contribution in [2.24, 2.45) is 11.3 Å². The highest BCUT2D eigenvalue weighted by atomic mass is 32.1. The zero-order valence-corrected chi connectivity index (χ0v) is 38.2. The van der Waals surface area contributed by atoms with Gasteiger partial charge in [0.2, 0.25) is 11.8 Å². The van der Waals surface area contributed by atoms with Gasteiger partial charge in [-0.25, -0.2) is 10.4 Å². The molecule has 14 heteroatoms. The maximum atomic E-state index is 14.6. The first-order valence-corrected chi connectivity index (χ1v) is 23.1. The number of aromatic nitrogens is 3. The van der Waals surface area contributed by atoms with Gasteiger partial charge in [0.1, 0.15) is 18.1 Å². The molecule has 6 heterocycles. The number of rotatable bonds is 9. The van der Waals surface area contributed by atoms with Gasteiger partial charge in [-0.05, 0) is 74.4 Å². The highest BCUT2D eigenvalue weighted by Gasteiger charge is 2.42. The lowest BCUT2D eigenvalue weighted by molar-refractivity contribution is -0.155. The highest BCUT2D eigenvalue weighted by Crippen LogP contribution is 2.42. The number of hydrogen-bond acceptors (Lipinski definition) is 10. The number of likely N-dealkylation sites (tertiary alicyclic amines) is 1. The molecule has 2 fully saturated rings. The fourth-order valence-electron chi connectivity index (χ4n) is 9.57. The quantitative estimate of drug-likeness (QED) is 0.146. The van der Waals surface area contributed by atoms with Gasteiger partial charge >= 0.3 is 5.97 Å². The Balaban J connectivity index is 1.18. The molecule has 13 nitrogen and oxygen atoms in total. The number of aryl methyl sites for hydroxylation is 1. The second-order valence-corrected chi connectivity index (χ2v) is 19.3. The third kappa shape index (κ3) is 9.03. The van der Waals surface area contributed by atoms with E-state index in [9.17, 15) is 19.2 Å². The molecule has 3 aliphatic rings. The number of esters is 1. The van der Waals surface area contributed by atoms with Crippen molar-refractivity contribution >= 4 is 45.9 Å². The maximum Gasteiger partial charge on any atom is 0.324 e. The summed E-state index contributed by atoms with van der Waals surface area (Å²) in [6, 6.07) is 17.8. The highest BCUT2D eigenvalue weighted by molar-refractivity contribution is 7.10. The molecule has 3 amide bonds. The van der Waals surface area contributed by atoms with Gasteiger partial charge in [-0.3, -0.25) is 29.2 Å². The first-order chi connectivity index (χ1) is 30.3. The summed E-state index contributed by atoms with van der Waals surface area (Å²) >= 11 is 1.44. The molecule has 3 aliphatic heterocycles. The van der Waals surface area contributed by atoms with E-state index in [0.717, 1.165) is 50.2 Å². The fourth-order valence-corrected chi connectivity index (χ4v) is 10.4. The molecule has 2 aromatic carbocycles. The summed E-state index contributed by atoms with van der Waals surface area (Å²) in [6.07, 6.45) is 3.63. The van der Waals surface area contributed by atoms with Crippen molar-refractivity contribution < 1.29 is 28.7 Å². The van der Waals surface area contributed by atoms with Crippen LogP contribution in [0.2, 0.25) is 0 Å². The first-order valence-electron chi connectivity index (χ1n) is 22.2. The zero-order chi connectivity index (χ0) is 44.6. The summed E-state index contributed by atoms with van der Waals surface area (Å²) in [4.78, 5) is 68.1. The molecule has 2 saturated heterocycles. The Kier molecular flexibility index (Phi) is 12.9. The van der Waals surface area contributed by atoms with Crippen molar-refractivity contribution in [3.8, 4) is 22.5 Å². The Morgan fingerprint density at radius 2 is 1.86 bits per heavy atom. The molecule has 332 valence electrons. The summed E-state index contributed by atoms with van der Waals surface area (Å²) in [5.41, 5.74) is 10.5. The zero-order valence-electron chi connectivity index (χ0n) is 37.4. The topological polar surface area (TPSA) is 148 Å². The Labute approximate surface area is 373 Å². The van der Waals surface area contributed by atoms with E-state index in [1.54, 1.807) is 18.2 Å². The largest absolute Gasteiger partial charge is 0.464 e. The maximum absolute atomic E-state index is 14.6. The molecular weight excluding hydrogens is 815 g/mol. The lowest BCUT2D eigenvalue weighted by atomic mass is 9.84. The third-order valence-electron chi connectivity index (χ3n) is 12.8. The summed E-state index contributed by atoms with van der Waals surface area (Å²) in [7, 11) is 1.69. The van der Waals surface area contributed by atoms with Crippen molar-refractivity contribution in [1.29, 1.82) is 0 Å². The van der Waals surface area contributed by atoms with E-state index in [1.807, 2.05) is 62.5 Å².